The van der Waals surface area contributed by atoms with Crippen LogP contribution >= 0.6 is 0 Å². The van der Waals surface area contributed by atoms with Gasteiger partial charge in [-0.3, -0.25) is 9.69 Å². The van der Waals surface area contributed by atoms with E-state index in [1.165, 1.54) is 26.1 Å². The number of rotatable bonds is 9. The number of aromatic nitrogens is 1. The van der Waals surface area contributed by atoms with Crippen LogP contribution in [0.5, 0.6) is 11.6 Å². The van der Waals surface area contributed by atoms with Crippen LogP contribution in [0.2, 0.25) is 0 Å². The molecule has 1 fully saturated rings. The van der Waals surface area contributed by atoms with Crippen LogP contribution in [0.1, 0.15) is 67.9 Å². The highest BCUT2D eigenvalue weighted by molar-refractivity contribution is 5.70. The first-order chi connectivity index (χ1) is 18.9. The second-order valence-corrected chi connectivity index (χ2v) is 10.8. The van der Waals surface area contributed by atoms with E-state index >= 15 is 4.39 Å². The van der Waals surface area contributed by atoms with Crippen molar-refractivity contribution in [3.8, 4) is 22.8 Å². The van der Waals surface area contributed by atoms with E-state index in [1.807, 2.05) is 24.3 Å². The zero-order valence-electron chi connectivity index (χ0n) is 23.0. The van der Waals surface area contributed by atoms with E-state index in [1.54, 1.807) is 13.0 Å². The minimum atomic E-state index is -0.800. The first-order valence-electron chi connectivity index (χ1n) is 13.9. The van der Waals surface area contributed by atoms with E-state index in [0.29, 0.717) is 23.9 Å². The molecule has 7 heteroatoms. The smallest absolute Gasteiger partial charge is 0.306 e. The second-order valence-electron chi connectivity index (χ2n) is 10.8. The predicted molar refractivity (Wildman–Crippen MR) is 149 cm³/mol. The van der Waals surface area contributed by atoms with E-state index in [9.17, 15) is 9.90 Å². The number of likely N-dealkylation sites (tertiary alicyclic amines) is 1. The van der Waals surface area contributed by atoms with Gasteiger partial charge in [0.05, 0.1) is 19.2 Å². The SMILES string of the molecule is CCC1CCCN1Cc1cc([C@@H]2CCc3ccc(CC(C)C(=O)O)cc3O2)ccc1-c1cc(OC)ncc1F. The highest BCUT2D eigenvalue weighted by Crippen LogP contribution is 2.39. The van der Waals surface area contributed by atoms with Crippen molar-refractivity contribution in [3.05, 3.63) is 76.7 Å². The third-order valence-corrected chi connectivity index (χ3v) is 8.21. The Morgan fingerprint density at radius 2 is 2.05 bits per heavy atom. The van der Waals surface area contributed by atoms with Gasteiger partial charge in [0, 0.05) is 24.2 Å². The molecule has 39 heavy (non-hydrogen) atoms. The van der Waals surface area contributed by atoms with Crippen LogP contribution < -0.4 is 9.47 Å². The number of halogens is 1. The van der Waals surface area contributed by atoms with E-state index in [2.05, 4.69) is 28.9 Å². The van der Waals surface area contributed by atoms with Crippen LogP contribution in [0.25, 0.3) is 11.1 Å². The molecule has 6 nitrogen and oxygen atoms in total. The van der Waals surface area contributed by atoms with Gasteiger partial charge in [0.25, 0.3) is 0 Å². The second kappa shape index (κ2) is 11.7. The Labute approximate surface area is 229 Å². The number of benzene rings is 2. The summed E-state index contributed by atoms with van der Waals surface area (Å²) in [5, 5.41) is 9.32. The van der Waals surface area contributed by atoms with Gasteiger partial charge in [0.1, 0.15) is 17.7 Å². The van der Waals surface area contributed by atoms with E-state index < -0.39 is 11.9 Å². The van der Waals surface area contributed by atoms with Crippen LogP contribution in [-0.4, -0.2) is 40.7 Å². The Bertz CT molecular complexity index is 1340. The monoisotopic (exact) mass is 532 g/mol. The number of fused-ring (bicyclic) bond motifs is 1. The van der Waals surface area contributed by atoms with Crippen molar-refractivity contribution >= 4 is 5.97 Å². The Morgan fingerprint density at radius 3 is 2.82 bits per heavy atom. The van der Waals surface area contributed by atoms with E-state index in [0.717, 1.165) is 65.9 Å². The standard InChI is InChI=1S/C32H37FN2O4/c1-4-25-6-5-13-35(25)19-24-16-23(9-11-26(24)27-17-31(38-3)34-18-28(27)33)29-12-10-22-8-7-21(15-30(22)39-29)14-20(2)32(36)37/h7-9,11,15-18,20,25,29H,4-6,10,12-14,19H2,1-3H3,(H,36,37)/t20?,25?,29-/m0/s1. The van der Waals surface area contributed by atoms with Crippen LogP contribution in [-0.2, 0) is 24.2 Å². The Morgan fingerprint density at radius 1 is 1.21 bits per heavy atom. The minimum absolute atomic E-state index is 0.130. The van der Waals surface area contributed by atoms with Gasteiger partial charge in [0.2, 0.25) is 5.88 Å². The van der Waals surface area contributed by atoms with Crippen molar-refractivity contribution in [2.24, 2.45) is 5.92 Å². The molecule has 206 valence electrons. The van der Waals surface area contributed by atoms with Crippen molar-refractivity contribution in [1.82, 2.24) is 9.88 Å². The molecule has 5 rings (SSSR count). The number of hydrogen-bond acceptors (Lipinski definition) is 5. The average Bonchev–Trinajstić information content (AvgIpc) is 3.40. The van der Waals surface area contributed by atoms with Crippen LogP contribution in [0.15, 0.2) is 48.7 Å². The molecular formula is C32H37FN2O4. The summed E-state index contributed by atoms with van der Waals surface area (Å²) in [6, 6.07) is 14.5. The molecule has 3 heterocycles. The Hall–Kier alpha value is -3.45. The fourth-order valence-electron chi connectivity index (χ4n) is 5.95. The van der Waals surface area contributed by atoms with E-state index in [4.69, 9.17) is 9.47 Å². The summed E-state index contributed by atoms with van der Waals surface area (Å²) in [5.74, 6) is -0.422. The number of hydrogen-bond donors (Lipinski definition) is 1. The number of aryl methyl sites for hydroxylation is 1. The molecule has 1 N–H and O–H groups in total. The third-order valence-electron chi connectivity index (χ3n) is 8.21. The summed E-state index contributed by atoms with van der Waals surface area (Å²) in [6.45, 7) is 5.73. The summed E-state index contributed by atoms with van der Waals surface area (Å²) in [4.78, 5) is 17.9. The lowest BCUT2D eigenvalue weighted by atomic mass is 9.91. The van der Waals surface area contributed by atoms with Gasteiger partial charge < -0.3 is 14.6 Å². The molecule has 2 aliphatic rings. The first-order valence-corrected chi connectivity index (χ1v) is 13.9. The molecule has 1 aromatic heterocycles. The van der Waals surface area contributed by atoms with Gasteiger partial charge in [-0.2, -0.15) is 0 Å². The van der Waals surface area contributed by atoms with Crippen LogP contribution in [0.4, 0.5) is 4.39 Å². The number of carboxylic acids is 1. The van der Waals surface area contributed by atoms with Crippen molar-refractivity contribution in [1.29, 1.82) is 0 Å². The van der Waals surface area contributed by atoms with Crippen LogP contribution in [0.3, 0.4) is 0 Å². The number of methoxy groups -OCH3 is 1. The van der Waals surface area contributed by atoms with Crippen molar-refractivity contribution < 1.29 is 23.8 Å². The van der Waals surface area contributed by atoms with Gasteiger partial charge in [-0.25, -0.2) is 9.37 Å². The lowest BCUT2D eigenvalue weighted by Crippen LogP contribution is -2.28. The molecule has 3 aromatic rings. The zero-order valence-corrected chi connectivity index (χ0v) is 23.0. The van der Waals surface area contributed by atoms with Gasteiger partial charge in [-0.1, -0.05) is 44.2 Å². The molecule has 0 amide bonds. The number of pyridine rings is 1. The lowest BCUT2D eigenvalue weighted by Gasteiger charge is -2.29. The van der Waals surface area contributed by atoms with Crippen LogP contribution in [0, 0.1) is 11.7 Å². The summed E-state index contributed by atoms with van der Waals surface area (Å²) in [6.07, 6.45) is 6.74. The van der Waals surface area contributed by atoms with Gasteiger partial charge >= 0.3 is 5.97 Å². The largest absolute Gasteiger partial charge is 0.485 e. The van der Waals surface area contributed by atoms with Gasteiger partial charge in [-0.15, -0.1) is 0 Å². The molecule has 0 saturated carbocycles. The molecule has 0 aliphatic carbocycles. The number of carboxylic acid groups (broad SMARTS) is 1. The number of nitrogens with zero attached hydrogens (tertiary/aromatic N) is 2. The molecule has 2 unspecified atom stereocenters. The molecule has 2 aliphatic heterocycles. The quantitative estimate of drug-likeness (QED) is 0.335. The number of carbonyl (C=O) groups is 1. The minimum Gasteiger partial charge on any atom is -0.485 e. The molecule has 1 saturated heterocycles. The molecule has 3 atom stereocenters. The highest BCUT2D eigenvalue weighted by Gasteiger charge is 2.27. The maximum atomic E-state index is 15.0. The average molecular weight is 533 g/mol. The van der Waals surface area contributed by atoms with Crippen molar-refractivity contribution in [2.45, 2.75) is 71.1 Å². The molecule has 0 bridgehead atoms. The highest BCUT2D eigenvalue weighted by atomic mass is 19.1. The fraction of sp³-hybridized carbons (Fsp3) is 0.438. The molecule has 0 radical (unpaired) electrons. The van der Waals surface area contributed by atoms with Gasteiger partial charge in [0.15, 0.2) is 0 Å². The normalized spacial score (nSPS) is 19.8. The summed E-state index contributed by atoms with van der Waals surface area (Å²) >= 11 is 0. The first kappa shape index (κ1) is 27.1. The Kier molecular flexibility index (Phi) is 8.17. The summed E-state index contributed by atoms with van der Waals surface area (Å²) in [7, 11) is 1.54. The maximum absolute atomic E-state index is 15.0. The molecular weight excluding hydrogens is 495 g/mol. The van der Waals surface area contributed by atoms with Crippen molar-refractivity contribution in [3.63, 3.8) is 0 Å². The summed E-state index contributed by atoms with van der Waals surface area (Å²) < 4.78 is 26.8. The molecule has 2 aromatic carbocycles. The zero-order chi connectivity index (χ0) is 27.5. The summed E-state index contributed by atoms with van der Waals surface area (Å²) in [5.41, 5.74) is 5.57. The topological polar surface area (TPSA) is 71.9 Å². The Balaban J connectivity index is 1.47. The third kappa shape index (κ3) is 5.93. The van der Waals surface area contributed by atoms with E-state index in [-0.39, 0.29) is 11.9 Å². The number of ether oxygens (including phenoxy) is 2. The van der Waals surface area contributed by atoms with Gasteiger partial charge in [-0.05, 0) is 79.0 Å². The lowest BCUT2D eigenvalue weighted by molar-refractivity contribution is -0.141. The molecule has 0 spiro atoms. The maximum Gasteiger partial charge on any atom is 0.306 e. The predicted octanol–water partition coefficient (Wildman–Crippen LogP) is 6.60. The fourth-order valence-corrected chi connectivity index (χ4v) is 5.95. The van der Waals surface area contributed by atoms with Crippen molar-refractivity contribution in [2.75, 3.05) is 13.7 Å². The number of aliphatic carboxylic acids is 1.